The zero-order chi connectivity index (χ0) is 8.48. The lowest BCUT2D eigenvalue weighted by Crippen LogP contribution is -2.45. The number of likely N-dealkylation sites (tertiary alicyclic amines) is 1. The van der Waals surface area contributed by atoms with Crippen LogP contribution in [0.4, 0.5) is 0 Å². The van der Waals surface area contributed by atoms with E-state index < -0.39 is 0 Å². The highest BCUT2D eigenvalue weighted by molar-refractivity contribution is 5.06. The minimum absolute atomic E-state index is 0.0162. The first-order valence-corrected chi connectivity index (χ1v) is 3.87. The van der Waals surface area contributed by atoms with Crippen molar-refractivity contribution in [2.24, 2.45) is 5.92 Å². The standard InChI is InChI=1S/C8H14N2O/c1-8(6-11)7(5-9)3-4-10(8)2/h7,11H,3-4,6H2,1-2H3/t7-,8-/m0/s1. The molecule has 2 atom stereocenters. The Kier molecular flexibility index (Phi) is 2.17. The summed E-state index contributed by atoms with van der Waals surface area (Å²) >= 11 is 0. The summed E-state index contributed by atoms with van der Waals surface area (Å²) < 4.78 is 0. The molecule has 1 fully saturated rings. The molecule has 11 heavy (non-hydrogen) atoms. The molecule has 1 heterocycles. The molecule has 1 rings (SSSR count). The summed E-state index contributed by atoms with van der Waals surface area (Å²) in [6.07, 6.45) is 0.879. The molecule has 0 aliphatic carbocycles. The molecule has 1 aliphatic rings. The molecule has 1 aliphatic heterocycles. The Morgan fingerprint density at radius 2 is 2.45 bits per heavy atom. The van der Waals surface area contributed by atoms with Crippen LogP contribution in [0.5, 0.6) is 0 Å². The molecule has 3 nitrogen and oxygen atoms in total. The topological polar surface area (TPSA) is 47.3 Å². The monoisotopic (exact) mass is 154 g/mol. The SMILES string of the molecule is CN1CC[C@@H](C#N)[C@]1(C)CO. The Balaban J connectivity index is 2.80. The predicted octanol–water partition coefficient (Wildman–Crippen LogP) is 0.213. The highest BCUT2D eigenvalue weighted by Gasteiger charge is 2.42. The highest BCUT2D eigenvalue weighted by Crippen LogP contribution is 2.32. The summed E-state index contributed by atoms with van der Waals surface area (Å²) in [6, 6.07) is 2.23. The Morgan fingerprint density at radius 1 is 1.82 bits per heavy atom. The lowest BCUT2D eigenvalue weighted by molar-refractivity contribution is 0.0823. The maximum atomic E-state index is 9.10. The van der Waals surface area contributed by atoms with Crippen LogP contribution in [-0.2, 0) is 0 Å². The molecule has 1 saturated heterocycles. The molecule has 0 aromatic carbocycles. The van der Waals surface area contributed by atoms with Gasteiger partial charge in [-0.2, -0.15) is 5.26 Å². The molecular formula is C8H14N2O. The Labute approximate surface area is 67.2 Å². The summed E-state index contributed by atoms with van der Waals surface area (Å²) in [4.78, 5) is 2.06. The van der Waals surface area contributed by atoms with Gasteiger partial charge in [0.25, 0.3) is 0 Å². The molecule has 3 heteroatoms. The minimum Gasteiger partial charge on any atom is -0.394 e. The van der Waals surface area contributed by atoms with Gasteiger partial charge in [-0.05, 0) is 26.9 Å². The van der Waals surface area contributed by atoms with Gasteiger partial charge in [0.05, 0.1) is 24.1 Å². The second-order valence-corrected chi connectivity index (χ2v) is 3.41. The third-order valence-electron chi connectivity index (χ3n) is 2.85. The van der Waals surface area contributed by atoms with Crippen LogP contribution in [0, 0.1) is 17.2 Å². The average molecular weight is 154 g/mol. The maximum Gasteiger partial charge on any atom is 0.0679 e. The fourth-order valence-corrected chi connectivity index (χ4v) is 1.59. The van der Waals surface area contributed by atoms with E-state index in [1.807, 2.05) is 14.0 Å². The summed E-state index contributed by atoms with van der Waals surface area (Å²) in [6.45, 7) is 2.92. The maximum absolute atomic E-state index is 9.10. The molecule has 0 bridgehead atoms. The summed E-state index contributed by atoms with van der Waals surface area (Å²) in [5.41, 5.74) is -0.311. The zero-order valence-corrected chi connectivity index (χ0v) is 7.04. The van der Waals surface area contributed by atoms with E-state index in [2.05, 4.69) is 11.0 Å². The number of aliphatic hydroxyl groups excluding tert-OH is 1. The van der Waals surface area contributed by atoms with E-state index in [1.165, 1.54) is 0 Å². The number of likely N-dealkylation sites (N-methyl/N-ethyl adjacent to an activating group) is 1. The Hall–Kier alpha value is -0.590. The molecule has 1 N–H and O–H groups in total. The molecule has 0 amide bonds. The number of nitriles is 1. The van der Waals surface area contributed by atoms with Gasteiger partial charge in [-0.3, -0.25) is 4.90 Å². The molecule has 0 radical (unpaired) electrons. The van der Waals surface area contributed by atoms with Crippen molar-refractivity contribution in [2.75, 3.05) is 20.2 Å². The number of rotatable bonds is 1. The van der Waals surface area contributed by atoms with Crippen LogP contribution in [0.2, 0.25) is 0 Å². The van der Waals surface area contributed by atoms with Crippen LogP contribution >= 0.6 is 0 Å². The lowest BCUT2D eigenvalue weighted by Gasteiger charge is -2.32. The van der Waals surface area contributed by atoms with Crippen LogP contribution < -0.4 is 0 Å². The Bertz CT molecular complexity index is 187. The number of hydrogen-bond donors (Lipinski definition) is 1. The van der Waals surface area contributed by atoms with E-state index in [0.29, 0.717) is 0 Å². The van der Waals surface area contributed by atoms with Crippen LogP contribution in [0.25, 0.3) is 0 Å². The molecule has 0 saturated carbocycles. The number of nitrogens with zero attached hydrogens (tertiary/aromatic N) is 2. The van der Waals surface area contributed by atoms with E-state index in [9.17, 15) is 0 Å². The van der Waals surface area contributed by atoms with Crippen molar-refractivity contribution in [3.63, 3.8) is 0 Å². The predicted molar refractivity (Wildman–Crippen MR) is 41.8 cm³/mol. The third-order valence-corrected chi connectivity index (χ3v) is 2.85. The first-order chi connectivity index (χ1) is 5.15. The van der Waals surface area contributed by atoms with Gasteiger partial charge in [-0.15, -0.1) is 0 Å². The van der Waals surface area contributed by atoms with E-state index in [0.717, 1.165) is 13.0 Å². The summed E-state index contributed by atoms with van der Waals surface area (Å²) in [5, 5.41) is 17.9. The van der Waals surface area contributed by atoms with Crippen molar-refractivity contribution in [1.29, 1.82) is 5.26 Å². The summed E-state index contributed by atoms with van der Waals surface area (Å²) in [7, 11) is 1.95. The average Bonchev–Trinajstić information content (AvgIpc) is 2.30. The highest BCUT2D eigenvalue weighted by atomic mass is 16.3. The Morgan fingerprint density at radius 3 is 2.82 bits per heavy atom. The van der Waals surface area contributed by atoms with Crippen molar-refractivity contribution in [3.8, 4) is 6.07 Å². The summed E-state index contributed by atoms with van der Waals surface area (Å²) in [5.74, 6) is -0.0162. The fourth-order valence-electron chi connectivity index (χ4n) is 1.59. The number of hydrogen-bond acceptors (Lipinski definition) is 3. The van der Waals surface area contributed by atoms with Crippen LogP contribution in [-0.4, -0.2) is 35.7 Å². The smallest absolute Gasteiger partial charge is 0.0679 e. The first kappa shape index (κ1) is 8.51. The van der Waals surface area contributed by atoms with Gasteiger partial charge < -0.3 is 5.11 Å². The minimum atomic E-state index is -0.311. The van der Waals surface area contributed by atoms with Gasteiger partial charge in [0.15, 0.2) is 0 Å². The van der Waals surface area contributed by atoms with E-state index in [1.54, 1.807) is 0 Å². The van der Waals surface area contributed by atoms with Gasteiger partial charge in [0.2, 0.25) is 0 Å². The molecule has 62 valence electrons. The van der Waals surface area contributed by atoms with E-state index >= 15 is 0 Å². The van der Waals surface area contributed by atoms with Crippen molar-refractivity contribution in [2.45, 2.75) is 18.9 Å². The van der Waals surface area contributed by atoms with Gasteiger partial charge in [0.1, 0.15) is 0 Å². The molecule has 0 spiro atoms. The van der Waals surface area contributed by atoms with E-state index in [-0.39, 0.29) is 18.1 Å². The molecule has 0 unspecified atom stereocenters. The third kappa shape index (κ3) is 1.13. The van der Waals surface area contributed by atoms with Gasteiger partial charge in [0, 0.05) is 0 Å². The zero-order valence-electron chi connectivity index (χ0n) is 7.04. The van der Waals surface area contributed by atoms with Crippen LogP contribution in [0.3, 0.4) is 0 Å². The van der Waals surface area contributed by atoms with E-state index in [4.69, 9.17) is 10.4 Å². The largest absolute Gasteiger partial charge is 0.394 e. The first-order valence-electron chi connectivity index (χ1n) is 3.87. The second-order valence-electron chi connectivity index (χ2n) is 3.41. The molecular weight excluding hydrogens is 140 g/mol. The van der Waals surface area contributed by atoms with Gasteiger partial charge in [-0.1, -0.05) is 0 Å². The number of aliphatic hydroxyl groups is 1. The molecule has 0 aromatic rings. The van der Waals surface area contributed by atoms with Crippen LogP contribution in [0.1, 0.15) is 13.3 Å². The van der Waals surface area contributed by atoms with Crippen molar-refractivity contribution >= 4 is 0 Å². The normalized spacial score (nSPS) is 38.9. The van der Waals surface area contributed by atoms with Crippen molar-refractivity contribution in [1.82, 2.24) is 4.90 Å². The second kappa shape index (κ2) is 2.80. The lowest BCUT2D eigenvalue weighted by atomic mass is 9.89. The van der Waals surface area contributed by atoms with Crippen LogP contribution in [0.15, 0.2) is 0 Å². The quantitative estimate of drug-likeness (QED) is 0.587. The van der Waals surface area contributed by atoms with Crippen molar-refractivity contribution < 1.29 is 5.11 Å². The fraction of sp³-hybridized carbons (Fsp3) is 0.875. The van der Waals surface area contributed by atoms with Gasteiger partial charge in [-0.25, -0.2) is 0 Å². The van der Waals surface area contributed by atoms with Crippen molar-refractivity contribution in [3.05, 3.63) is 0 Å². The molecule has 0 aromatic heterocycles. The van der Waals surface area contributed by atoms with Gasteiger partial charge >= 0.3 is 0 Å².